The summed E-state index contributed by atoms with van der Waals surface area (Å²) in [5.41, 5.74) is -7.65. The molecule has 0 unspecified atom stereocenters. The van der Waals surface area contributed by atoms with E-state index < -0.39 is 63.1 Å². The second-order valence-corrected chi connectivity index (χ2v) is 6.34. The Morgan fingerprint density at radius 3 is 1.17 bits per heavy atom. The van der Waals surface area contributed by atoms with Gasteiger partial charge in [0.1, 0.15) is 34.0 Å². The van der Waals surface area contributed by atoms with Crippen molar-refractivity contribution in [2.24, 2.45) is 16.2 Å². The maximum Gasteiger partial charge on any atom is 0.165 e. The van der Waals surface area contributed by atoms with Crippen molar-refractivity contribution < 1.29 is 33.6 Å². The van der Waals surface area contributed by atoms with Crippen LogP contribution in [-0.4, -0.2) is 40.5 Å². The molecule has 130 valence electrons. The van der Waals surface area contributed by atoms with Crippen LogP contribution in [0.25, 0.3) is 0 Å². The number of rotatable bonds is 6. The number of carbonyl (C=O) groups excluding carboxylic acids is 7. The van der Waals surface area contributed by atoms with Crippen LogP contribution in [0.1, 0.15) is 48.0 Å². The average molecular weight is 336 g/mol. The molecular formula is C17H20O7. The Kier molecular flexibility index (Phi) is 4.64. The summed E-state index contributed by atoms with van der Waals surface area (Å²) in [4.78, 5) is 87.7. The lowest BCUT2D eigenvalue weighted by molar-refractivity contribution is -0.173. The third-order valence-corrected chi connectivity index (χ3v) is 5.36. The highest BCUT2D eigenvalue weighted by molar-refractivity contribution is 6.38. The monoisotopic (exact) mass is 336 g/mol. The normalized spacial score (nSPS) is 20.3. The molecular weight excluding hydrogens is 316 g/mol. The lowest BCUT2D eigenvalue weighted by atomic mass is 9.48. The first-order valence-corrected chi connectivity index (χ1v) is 7.39. The zero-order chi connectivity index (χ0) is 19.2. The van der Waals surface area contributed by atoms with Gasteiger partial charge in [0.2, 0.25) is 0 Å². The summed E-state index contributed by atoms with van der Waals surface area (Å²) in [6, 6.07) is 0. The van der Waals surface area contributed by atoms with Gasteiger partial charge in [0.05, 0.1) is 0 Å². The first-order chi connectivity index (χ1) is 10.8. The Morgan fingerprint density at radius 2 is 0.958 bits per heavy atom. The lowest BCUT2D eigenvalue weighted by Crippen LogP contribution is -2.66. The molecule has 0 amide bonds. The van der Waals surface area contributed by atoms with Crippen molar-refractivity contribution in [1.82, 2.24) is 0 Å². The standard InChI is InChI=1S/C17H20O7/c1-8(18)15(9(2)19)7-14(24)16(10(3)20,11(4)21)17(15,12(5)22)13(6)23/h7H2,1-6H3. The zero-order valence-electron chi connectivity index (χ0n) is 14.6. The number of hydrogen-bond donors (Lipinski definition) is 0. The first kappa shape index (κ1) is 19.7. The van der Waals surface area contributed by atoms with Gasteiger partial charge in [-0.3, -0.25) is 33.6 Å². The molecule has 0 atom stereocenters. The van der Waals surface area contributed by atoms with Gasteiger partial charge in [-0.25, -0.2) is 0 Å². The van der Waals surface area contributed by atoms with Crippen LogP contribution in [0, 0.1) is 16.2 Å². The fourth-order valence-electron chi connectivity index (χ4n) is 4.61. The Bertz CT molecular complexity index is 668. The molecule has 7 nitrogen and oxygen atoms in total. The number of ketones is 7. The van der Waals surface area contributed by atoms with E-state index in [4.69, 9.17) is 0 Å². The van der Waals surface area contributed by atoms with Crippen molar-refractivity contribution in [3.05, 3.63) is 0 Å². The number of Topliss-reactive ketones (excluding diaryl/α,β-unsaturated/α-hetero) is 7. The Morgan fingerprint density at radius 1 is 0.625 bits per heavy atom. The van der Waals surface area contributed by atoms with Gasteiger partial charge >= 0.3 is 0 Å². The smallest absolute Gasteiger partial charge is 0.165 e. The van der Waals surface area contributed by atoms with Crippen LogP contribution >= 0.6 is 0 Å². The molecule has 0 bridgehead atoms. The molecule has 1 aliphatic carbocycles. The van der Waals surface area contributed by atoms with Crippen LogP contribution in [0.3, 0.4) is 0 Å². The molecule has 0 aromatic rings. The van der Waals surface area contributed by atoms with Crippen molar-refractivity contribution in [3.8, 4) is 0 Å². The van der Waals surface area contributed by atoms with E-state index in [0.29, 0.717) is 0 Å². The second-order valence-electron chi connectivity index (χ2n) is 6.34. The van der Waals surface area contributed by atoms with Crippen molar-refractivity contribution in [2.75, 3.05) is 0 Å². The summed E-state index contributed by atoms with van der Waals surface area (Å²) in [6.45, 7) is 5.62. The number of carbonyl (C=O) groups is 7. The third kappa shape index (κ3) is 1.75. The highest BCUT2D eigenvalue weighted by Crippen LogP contribution is 2.63. The van der Waals surface area contributed by atoms with Gasteiger partial charge in [0, 0.05) is 6.42 Å². The minimum Gasteiger partial charge on any atom is -0.299 e. The topological polar surface area (TPSA) is 119 Å². The quantitative estimate of drug-likeness (QED) is 0.646. The van der Waals surface area contributed by atoms with Crippen molar-refractivity contribution in [1.29, 1.82) is 0 Å². The molecule has 0 aromatic heterocycles. The molecule has 0 N–H and O–H groups in total. The van der Waals surface area contributed by atoms with E-state index in [1.807, 2.05) is 0 Å². The Hall–Kier alpha value is -2.31. The maximum absolute atomic E-state index is 12.8. The van der Waals surface area contributed by atoms with Gasteiger partial charge in [-0.15, -0.1) is 0 Å². The third-order valence-electron chi connectivity index (χ3n) is 5.36. The van der Waals surface area contributed by atoms with E-state index in [1.165, 1.54) is 0 Å². The Labute approximate surface area is 139 Å². The molecule has 1 rings (SSSR count). The van der Waals surface area contributed by atoms with Crippen molar-refractivity contribution in [3.63, 3.8) is 0 Å². The molecule has 0 radical (unpaired) electrons. The Balaban J connectivity index is 4.34. The van der Waals surface area contributed by atoms with Crippen LogP contribution in [0.15, 0.2) is 0 Å². The highest BCUT2D eigenvalue weighted by Gasteiger charge is 2.83. The molecule has 0 saturated heterocycles. The van der Waals surface area contributed by atoms with Crippen LogP contribution in [0.2, 0.25) is 0 Å². The van der Waals surface area contributed by atoms with E-state index >= 15 is 0 Å². The maximum atomic E-state index is 12.8. The molecule has 1 aliphatic rings. The zero-order valence-corrected chi connectivity index (χ0v) is 14.6. The van der Waals surface area contributed by atoms with E-state index in [9.17, 15) is 33.6 Å². The molecule has 24 heavy (non-hydrogen) atoms. The van der Waals surface area contributed by atoms with Crippen LogP contribution in [-0.2, 0) is 33.6 Å². The van der Waals surface area contributed by atoms with E-state index in [2.05, 4.69) is 0 Å². The molecule has 0 heterocycles. The molecule has 1 fully saturated rings. The van der Waals surface area contributed by atoms with E-state index in [-0.39, 0.29) is 0 Å². The summed E-state index contributed by atoms with van der Waals surface area (Å²) in [7, 11) is 0. The predicted molar refractivity (Wildman–Crippen MR) is 81.0 cm³/mol. The largest absolute Gasteiger partial charge is 0.299 e. The molecule has 7 heteroatoms. The summed E-state index contributed by atoms with van der Waals surface area (Å²) in [5.74, 6) is -6.90. The second kappa shape index (κ2) is 5.65. The first-order valence-electron chi connectivity index (χ1n) is 7.39. The molecule has 0 aliphatic heterocycles. The predicted octanol–water partition coefficient (Wildman–Crippen LogP) is 0.452. The fraction of sp³-hybridized carbons (Fsp3) is 0.588. The molecule has 0 spiro atoms. The van der Waals surface area contributed by atoms with Crippen molar-refractivity contribution in [2.45, 2.75) is 48.0 Å². The molecule has 1 saturated carbocycles. The summed E-state index contributed by atoms with van der Waals surface area (Å²) < 4.78 is 0. The van der Waals surface area contributed by atoms with Gasteiger partial charge in [0.15, 0.2) is 22.8 Å². The van der Waals surface area contributed by atoms with Gasteiger partial charge in [0.25, 0.3) is 0 Å². The highest BCUT2D eigenvalue weighted by atomic mass is 16.2. The van der Waals surface area contributed by atoms with Gasteiger partial charge in [-0.2, -0.15) is 0 Å². The lowest BCUT2D eigenvalue weighted by Gasteiger charge is -2.45. The van der Waals surface area contributed by atoms with Crippen LogP contribution in [0.5, 0.6) is 0 Å². The van der Waals surface area contributed by atoms with Crippen LogP contribution in [0.4, 0.5) is 0 Å². The SMILES string of the molecule is CC(=O)C1(C(C)=O)CC(=O)C(C(C)=O)(C(C)=O)C1(C(C)=O)C(C)=O. The summed E-state index contributed by atoms with van der Waals surface area (Å²) >= 11 is 0. The van der Waals surface area contributed by atoms with Crippen molar-refractivity contribution >= 4 is 40.5 Å². The minimum absolute atomic E-state index is 0.823. The van der Waals surface area contributed by atoms with E-state index in [0.717, 1.165) is 41.5 Å². The summed E-state index contributed by atoms with van der Waals surface area (Å²) in [5, 5.41) is 0. The van der Waals surface area contributed by atoms with Crippen LogP contribution < -0.4 is 0 Å². The van der Waals surface area contributed by atoms with E-state index in [1.54, 1.807) is 0 Å². The minimum atomic E-state index is -2.65. The van der Waals surface area contributed by atoms with Gasteiger partial charge in [-0.05, 0) is 41.5 Å². The molecule has 0 aromatic carbocycles. The van der Waals surface area contributed by atoms with Gasteiger partial charge < -0.3 is 0 Å². The fourth-order valence-corrected chi connectivity index (χ4v) is 4.61. The summed E-state index contributed by atoms with van der Waals surface area (Å²) in [6.07, 6.45) is -0.823. The number of hydrogen-bond acceptors (Lipinski definition) is 7. The van der Waals surface area contributed by atoms with Gasteiger partial charge in [-0.1, -0.05) is 0 Å². The average Bonchev–Trinajstić information content (AvgIpc) is 2.66.